The van der Waals surface area contributed by atoms with E-state index < -0.39 is 0 Å². The highest BCUT2D eigenvalue weighted by Gasteiger charge is 2.33. The lowest BCUT2D eigenvalue weighted by Gasteiger charge is -2.31. The van der Waals surface area contributed by atoms with Crippen LogP contribution in [0.4, 0.5) is 0 Å². The van der Waals surface area contributed by atoms with Crippen LogP contribution < -0.4 is 5.56 Å². The summed E-state index contributed by atoms with van der Waals surface area (Å²) in [7, 11) is 0. The second-order valence-electron chi connectivity index (χ2n) is 6.52. The molecule has 0 saturated heterocycles. The minimum Gasteiger partial charge on any atom is -0.292 e. The molecule has 3 rings (SSSR count). The second kappa shape index (κ2) is 6.08. The van der Waals surface area contributed by atoms with Crippen LogP contribution in [0.1, 0.15) is 51.2 Å². The molecule has 0 bridgehead atoms. The van der Waals surface area contributed by atoms with E-state index in [0.717, 1.165) is 23.7 Å². The van der Waals surface area contributed by atoms with Gasteiger partial charge in [-0.3, -0.25) is 9.69 Å². The molecule has 2 heterocycles. The highest BCUT2D eigenvalue weighted by Crippen LogP contribution is 2.31. The first-order valence-corrected chi connectivity index (χ1v) is 8.95. The van der Waals surface area contributed by atoms with Crippen LogP contribution in [0.5, 0.6) is 0 Å². The number of aromatic nitrogens is 3. The molecule has 0 unspecified atom stereocenters. The number of hydrogen-bond donors (Lipinski definition) is 0. The second-order valence-corrected chi connectivity index (χ2v) is 7.56. The molecule has 0 spiro atoms. The van der Waals surface area contributed by atoms with Gasteiger partial charge in [0.25, 0.3) is 5.56 Å². The van der Waals surface area contributed by atoms with Crippen molar-refractivity contribution in [3.63, 3.8) is 0 Å². The molecule has 22 heavy (non-hydrogen) atoms. The Kier molecular flexibility index (Phi) is 4.32. The van der Waals surface area contributed by atoms with Crippen molar-refractivity contribution < 1.29 is 0 Å². The minimum atomic E-state index is -0.0658. The van der Waals surface area contributed by atoms with Crippen molar-refractivity contribution in [1.29, 1.82) is 0 Å². The van der Waals surface area contributed by atoms with Gasteiger partial charge in [0.1, 0.15) is 5.01 Å². The molecule has 1 aliphatic rings. The average molecular weight is 320 g/mol. The van der Waals surface area contributed by atoms with Gasteiger partial charge in [-0.25, -0.2) is 4.98 Å². The molecule has 1 saturated carbocycles. The van der Waals surface area contributed by atoms with Crippen molar-refractivity contribution in [2.75, 3.05) is 0 Å². The molecule has 0 aromatic carbocycles. The molecule has 0 radical (unpaired) electrons. The maximum Gasteiger partial charge on any atom is 0.275 e. The quantitative estimate of drug-likeness (QED) is 0.821. The van der Waals surface area contributed by atoms with E-state index in [1.165, 1.54) is 28.7 Å². The fourth-order valence-corrected chi connectivity index (χ4v) is 3.56. The summed E-state index contributed by atoms with van der Waals surface area (Å²) in [6, 6.07) is 2.81. The SMILES string of the molecule is CCc1nn2c(=O)cc(CN(C3CC3)[C@@H](C)C(C)C)nc2s1. The van der Waals surface area contributed by atoms with E-state index in [-0.39, 0.29) is 5.56 Å². The van der Waals surface area contributed by atoms with Crippen molar-refractivity contribution in [2.45, 2.75) is 65.6 Å². The number of nitrogens with zero attached hydrogens (tertiary/aromatic N) is 4. The van der Waals surface area contributed by atoms with Crippen LogP contribution in [-0.2, 0) is 13.0 Å². The van der Waals surface area contributed by atoms with Gasteiger partial charge in [-0.2, -0.15) is 9.61 Å². The van der Waals surface area contributed by atoms with E-state index in [4.69, 9.17) is 0 Å². The summed E-state index contributed by atoms with van der Waals surface area (Å²) in [5.41, 5.74) is 0.805. The molecule has 120 valence electrons. The summed E-state index contributed by atoms with van der Waals surface area (Å²) in [5, 5.41) is 5.26. The summed E-state index contributed by atoms with van der Waals surface area (Å²) in [6.45, 7) is 9.58. The Labute approximate surface area is 135 Å². The predicted octanol–water partition coefficient (Wildman–Crippen LogP) is 2.72. The average Bonchev–Trinajstić information content (AvgIpc) is 3.23. The van der Waals surface area contributed by atoms with Crippen LogP contribution in [-0.4, -0.2) is 31.6 Å². The van der Waals surface area contributed by atoms with Gasteiger partial charge in [0.05, 0.1) is 5.69 Å². The molecule has 0 aliphatic heterocycles. The predicted molar refractivity (Wildman–Crippen MR) is 89.4 cm³/mol. The number of fused-ring (bicyclic) bond motifs is 1. The lowest BCUT2D eigenvalue weighted by molar-refractivity contribution is 0.148. The largest absolute Gasteiger partial charge is 0.292 e. The Morgan fingerprint density at radius 1 is 1.41 bits per heavy atom. The lowest BCUT2D eigenvalue weighted by Crippen LogP contribution is -2.38. The highest BCUT2D eigenvalue weighted by molar-refractivity contribution is 7.16. The van der Waals surface area contributed by atoms with Crippen LogP contribution >= 0.6 is 11.3 Å². The van der Waals surface area contributed by atoms with Crippen LogP contribution in [0, 0.1) is 5.92 Å². The molecule has 1 fully saturated rings. The molecule has 2 aromatic rings. The van der Waals surface area contributed by atoms with Crippen molar-refractivity contribution in [2.24, 2.45) is 5.92 Å². The fourth-order valence-electron chi connectivity index (χ4n) is 2.70. The van der Waals surface area contributed by atoms with Gasteiger partial charge in [0.15, 0.2) is 0 Å². The Morgan fingerprint density at radius 2 is 2.14 bits per heavy atom. The van der Waals surface area contributed by atoms with E-state index >= 15 is 0 Å². The Balaban J connectivity index is 1.90. The van der Waals surface area contributed by atoms with Crippen LogP contribution in [0.2, 0.25) is 0 Å². The van der Waals surface area contributed by atoms with Crippen molar-refractivity contribution in [1.82, 2.24) is 19.5 Å². The number of aryl methyl sites for hydroxylation is 1. The molecular weight excluding hydrogens is 296 g/mol. The zero-order valence-electron chi connectivity index (χ0n) is 13.7. The Bertz CT molecular complexity index is 716. The maximum absolute atomic E-state index is 12.2. The van der Waals surface area contributed by atoms with Gasteiger partial charge in [0, 0.05) is 24.7 Å². The smallest absolute Gasteiger partial charge is 0.275 e. The van der Waals surface area contributed by atoms with Crippen molar-refractivity contribution >= 4 is 16.3 Å². The van der Waals surface area contributed by atoms with E-state index in [1.54, 1.807) is 6.07 Å². The lowest BCUT2D eigenvalue weighted by atomic mass is 10.0. The van der Waals surface area contributed by atoms with Crippen molar-refractivity contribution in [3.8, 4) is 0 Å². The fraction of sp³-hybridized carbons (Fsp3) is 0.688. The monoisotopic (exact) mass is 320 g/mol. The first kappa shape index (κ1) is 15.6. The van der Waals surface area contributed by atoms with Gasteiger partial charge in [-0.15, -0.1) is 0 Å². The third-order valence-corrected chi connectivity index (χ3v) is 5.54. The van der Waals surface area contributed by atoms with Crippen LogP contribution in [0.25, 0.3) is 4.96 Å². The Hall–Kier alpha value is -1.27. The molecule has 6 heteroatoms. The maximum atomic E-state index is 12.2. The van der Waals surface area contributed by atoms with E-state index in [9.17, 15) is 4.79 Å². The molecule has 2 aromatic heterocycles. The van der Waals surface area contributed by atoms with Gasteiger partial charge < -0.3 is 0 Å². The zero-order valence-corrected chi connectivity index (χ0v) is 14.6. The van der Waals surface area contributed by atoms with E-state index in [2.05, 4.69) is 35.8 Å². The molecule has 0 amide bonds. The van der Waals surface area contributed by atoms with E-state index in [0.29, 0.717) is 23.0 Å². The number of hydrogen-bond acceptors (Lipinski definition) is 5. The first-order chi connectivity index (χ1) is 10.5. The third kappa shape index (κ3) is 3.08. The first-order valence-electron chi connectivity index (χ1n) is 8.14. The summed E-state index contributed by atoms with van der Waals surface area (Å²) in [5.74, 6) is 0.598. The Morgan fingerprint density at radius 3 is 2.73 bits per heavy atom. The topological polar surface area (TPSA) is 50.5 Å². The number of rotatable bonds is 6. The summed E-state index contributed by atoms with van der Waals surface area (Å²) in [6.07, 6.45) is 3.36. The molecular formula is C16H24N4OS. The summed E-state index contributed by atoms with van der Waals surface area (Å²) in [4.78, 5) is 20.1. The molecule has 1 aliphatic carbocycles. The van der Waals surface area contributed by atoms with Gasteiger partial charge in [0.2, 0.25) is 4.96 Å². The van der Waals surface area contributed by atoms with Gasteiger partial charge in [-0.1, -0.05) is 32.1 Å². The van der Waals surface area contributed by atoms with Crippen LogP contribution in [0.15, 0.2) is 10.9 Å². The zero-order chi connectivity index (χ0) is 15.9. The third-order valence-electron chi connectivity index (χ3n) is 4.49. The normalized spacial score (nSPS) is 16.8. The summed E-state index contributed by atoms with van der Waals surface area (Å²) < 4.78 is 1.43. The minimum absolute atomic E-state index is 0.0658. The highest BCUT2D eigenvalue weighted by atomic mass is 32.1. The standard InChI is InChI=1S/C16H24N4OS/c1-5-14-18-20-15(21)8-12(17-16(20)22-14)9-19(13-6-7-13)11(4)10(2)3/h8,10-11,13H,5-7,9H2,1-4H3/t11-/m0/s1. The summed E-state index contributed by atoms with van der Waals surface area (Å²) >= 11 is 1.51. The van der Waals surface area contributed by atoms with E-state index in [1.807, 2.05) is 6.92 Å². The van der Waals surface area contributed by atoms with Gasteiger partial charge >= 0.3 is 0 Å². The van der Waals surface area contributed by atoms with Gasteiger partial charge in [-0.05, 0) is 32.1 Å². The molecule has 5 nitrogen and oxygen atoms in total. The van der Waals surface area contributed by atoms with Crippen LogP contribution in [0.3, 0.4) is 0 Å². The molecule has 1 atom stereocenters. The van der Waals surface area contributed by atoms with Crippen molar-refractivity contribution in [3.05, 3.63) is 27.1 Å². The molecule has 0 N–H and O–H groups in total.